The van der Waals surface area contributed by atoms with Crippen LogP contribution in [-0.4, -0.2) is 48.3 Å². The van der Waals surface area contributed by atoms with Crippen molar-refractivity contribution in [3.63, 3.8) is 0 Å². The second-order valence-corrected chi connectivity index (χ2v) is 4.21. The first-order valence-corrected chi connectivity index (χ1v) is 5.76. The molecule has 0 aromatic carbocycles. The normalized spacial score (nSPS) is 20.9. The fraction of sp³-hybridized carbons (Fsp3) is 0.727. The van der Waals surface area contributed by atoms with Crippen LogP contribution in [0.4, 0.5) is 0 Å². The van der Waals surface area contributed by atoms with Crippen molar-refractivity contribution in [3.05, 3.63) is 0 Å². The molecule has 0 aromatic heterocycles. The number of rotatable bonds is 3. The molecule has 0 unspecified atom stereocenters. The largest absolute Gasteiger partial charge is 0.357 e. The number of likely N-dealkylation sites (N-methyl/N-ethyl adjacent to an activating group) is 1. The lowest BCUT2D eigenvalue weighted by Crippen LogP contribution is -2.51. The lowest BCUT2D eigenvalue weighted by atomic mass is 10.2. The van der Waals surface area contributed by atoms with Gasteiger partial charge in [-0.1, -0.05) is 0 Å². The Balaban J connectivity index is 2.58. The SMILES string of the molecule is CNC(=O)[C@H](C)NC(=O)[C@@H]1CCCN1C(C)=O. The summed E-state index contributed by atoms with van der Waals surface area (Å²) >= 11 is 0. The summed E-state index contributed by atoms with van der Waals surface area (Å²) in [5, 5.41) is 5.07. The van der Waals surface area contributed by atoms with E-state index in [9.17, 15) is 14.4 Å². The van der Waals surface area contributed by atoms with Crippen LogP contribution in [0.2, 0.25) is 0 Å². The quantitative estimate of drug-likeness (QED) is 0.682. The van der Waals surface area contributed by atoms with Crippen LogP contribution < -0.4 is 10.6 Å². The van der Waals surface area contributed by atoms with Crippen molar-refractivity contribution in [1.82, 2.24) is 15.5 Å². The molecule has 2 N–H and O–H groups in total. The van der Waals surface area contributed by atoms with Gasteiger partial charge in [-0.2, -0.15) is 0 Å². The molecule has 0 radical (unpaired) electrons. The summed E-state index contributed by atoms with van der Waals surface area (Å²) in [7, 11) is 1.52. The van der Waals surface area contributed by atoms with Gasteiger partial charge in [0.25, 0.3) is 0 Å². The Labute approximate surface area is 101 Å². The molecule has 6 nitrogen and oxygen atoms in total. The molecule has 1 aliphatic heterocycles. The molecule has 1 heterocycles. The summed E-state index contributed by atoms with van der Waals surface area (Å²) in [5.74, 6) is -0.602. The van der Waals surface area contributed by atoms with Crippen molar-refractivity contribution in [2.24, 2.45) is 0 Å². The van der Waals surface area contributed by atoms with Crippen molar-refractivity contribution in [2.45, 2.75) is 38.8 Å². The van der Waals surface area contributed by atoms with Gasteiger partial charge >= 0.3 is 0 Å². The highest BCUT2D eigenvalue weighted by atomic mass is 16.2. The van der Waals surface area contributed by atoms with Gasteiger partial charge in [0.15, 0.2) is 0 Å². The van der Waals surface area contributed by atoms with Gasteiger partial charge in [0, 0.05) is 20.5 Å². The highest BCUT2D eigenvalue weighted by Gasteiger charge is 2.33. The molecule has 1 rings (SSSR count). The summed E-state index contributed by atoms with van der Waals surface area (Å²) in [5.41, 5.74) is 0. The minimum absolute atomic E-state index is 0.102. The molecule has 0 bridgehead atoms. The molecule has 17 heavy (non-hydrogen) atoms. The summed E-state index contributed by atoms with van der Waals surface area (Å²) < 4.78 is 0. The van der Waals surface area contributed by atoms with Gasteiger partial charge in [-0.05, 0) is 19.8 Å². The predicted octanol–water partition coefficient (Wildman–Crippen LogP) is -0.752. The molecule has 0 aromatic rings. The zero-order valence-electron chi connectivity index (χ0n) is 10.4. The van der Waals surface area contributed by atoms with Crippen LogP contribution in [-0.2, 0) is 14.4 Å². The summed E-state index contributed by atoms with van der Waals surface area (Å²) in [6.07, 6.45) is 1.48. The van der Waals surface area contributed by atoms with E-state index >= 15 is 0 Å². The molecule has 96 valence electrons. The number of nitrogens with one attached hydrogen (secondary N) is 2. The van der Waals surface area contributed by atoms with Crippen LogP contribution in [0.5, 0.6) is 0 Å². The molecular weight excluding hydrogens is 222 g/mol. The first-order chi connectivity index (χ1) is 7.97. The Morgan fingerprint density at radius 2 is 2.00 bits per heavy atom. The van der Waals surface area contributed by atoms with E-state index in [0.29, 0.717) is 13.0 Å². The summed E-state index contributed by atoms with van der Waals surface area (Å²) in [6, 6.07) is -1.01. The fourth-order valence-electron chi connectivity index (χ4n) is 2.01. The van der Waals surface area contributed by atoms with Crippen LogP contribution in [0.25, 0.3) is 0 Å². The standard InChI is InChI=1S/C11H19N3O3/c1-7(10(16)12-3)13-11(17)9-5-4-6-14(9)8(2)15/h7,9H,4-6H2,1-3H3,(H,12,16)(H,13,17)/t7-,9-/m0/s1. The van der Waals surface area contributed by atoms with Crippen LogP contribution in [0.15, 0.2) is 0 Å². The second kappa shape index (κ2) is 5.65. The number of amides is 3. The number of carbonyl (C=O) groups is 3. The van der Waals surface area contributed by atoms with E-state index < -0.39 is 12.1 Å². The molecule has 1 saturated heterocycles. The van der Waals surface area contributed by atoms with Gasteiger partial charge in [0.05, 0.1) is 0 Å². The first kappa shape index (κ1) is 13.5. The van der Waals surface area contributed by atoms with E-state index in [1.807, 2.05) is 0 Å². The van der Waals surface area contributed by atoms with Crippen molar-refractivity contribution < 1.29 is 14.4 Å². The molecule has 3 amide bonds. The first-order valence-electron chi connectivity index (χ1n) is 5.76. The van der Waals surface area contributed by atoms with Gasteiger partial charge in [0.2, 0.25) is 17.7 Å². The van der Waals surface area contributed by atoms with Crippen LogP contribution >= 0.6 is 0 Å². The van der Waals surface area contributed by atoms with E-state index in [1.54, 1.807) is 11.8 Å². The highest BCUT2D eigenvalue weighted by Crippen LogP contribution is 2.17. The third kappa shape index (κ3) is 3.18. The lowest BCUT2D eigenvalue weighted by molar-refractivity contribution is -0.138. The molecule has 0 spiro atoms. The number of nitrogens with zero attached hydrogens (tertiary/aromatic N) is 1. The van der Waals surface area contributed by atoms with Gasteiger partial charge in [0.1, 0.15) is 12.1 Å². The topological polar surface area (TPSA) is 78.5 Å². The minimum Gasteiger partial charge on any atom is -0.357 e. The Morgan fingerprint density at radius 3 is 2.53 bits per heavy atom. The zero-order chi connectivity index (χ0) is 13.0. The molecule has 0 aliphatic carbocycles. The number of hydrogen-bond donors (Lipinski definition) is 2. The smallest absolute Gasteiger partial charge is 0.243 e. The van der Waals surface area contributed by atoms with Gasteiger partial charge in [-0.3, -0.25) is 14.4 Å². The van der Waals surface area contributed by atoms with Crippen molar-refractivity contribution in [2.75, 3.05) is 13.6 Å². The number of carbonyl (C=O) groups excluding carboxylic acids is 3. The number of hydrogen-bond acceptors (Lipinski definition) is 3. The molecule has 6 heteroatoms. The van der Waals surface area contributed by atoms with Gasteiger partial charge < -0.3 is 15.5 Å². The maximum Gasteiger partial charge on any atom is 0.243 e. The second-order valence-electron chi connectivity index (χ2n) is 4.21. The van der Waals surface area contributed by atoms with E-state index in [4.69, 9.17) is 0 Å². The van der Waals surface area contributed by atoms with Gasteiger partial charge in [-0.15, -0.1) is 0 Å². The summed E-state index contributed by atoms with van der Waals surface area (Å²) in [6.45, 7) is 3.68. The minimum atomic E-state index is -0.582. The Kier molecular flexibility index (Phi) is 4.48. The van der Waals surface area contributed by atoms with Crippen LogP contribution in [0, 0.1) is 0 Å². The highest BCUT2D eigenvalue weighted by molar-refractivity contribution is 5.91. The van der Waals surface area contributed by atoms with E-state index in [-0.39, 0.29) is 17.7 Å². The molecular formula is C11H19N3O3. The average Bonchev–Trinajstić information content (AvgIpc) is 2.76. The maximum atomic E-state index is 11.9. The van der Waals surface area contributed by atoms with Crippen LogP contribution in [0.3, 0.4) is 0 Å². The zero-order valence-corrected chi connectivity index (χ0v) is 10.4. The Hall–Kier alpha value is -1.59. The Bertz CT molecular complexity index is 330. The average molecular weight is 241 g/mol. The van der Waals surface area contributed by atoms with E-state index in [1.165, 1.54) is 14.0 Å². The Morgan fingerprint density at radius 1 is 1.35 bits per heavy atom. The summed E-state index contributed by atoms with van der Waals surface area (Å²) in [4.78, 5) is 36.0. The molecule has 0 saturated carbocycles. The van der Waals surface area contributed by atoms with Crippen molar-refractivity contribution >= 4 is 17.7 Å². The predicted molar refractivity (Wildman–Crippen MR) is 62.1 cm³/mol. The molecule has 1 aliphatic rings. The molecule has 2 atom stereocenters. The van der Waals surface area contributed by atoms with Crippen molar-refractivity contribution in [1.29, 1.82) is 0 Å². The van der Waals surface area contributed by atoms with Crippen LogP contribution in [0.1, 0.15) is 26.7 Å². The monoisotopic (exact) mass is 241 g/mol. The van der Waals surface area contributed by atoms with Crippen molar-refractivity contribution in [3.8, 4) is 0 Å². The lowest BCUT2D eigenvalue weighted by Gasteiger charge is -2.23. The molecule has 1 fully saturated rings. The number of likely N-dealkylation sites (tertiary alicyclic amines) is 1. The fourth-order valence-corrected chi connectivity index (χ4v) is 2.01. The third-order valence-electron chi connectivity index (χ3n) is 2.96. The van der Waals surface area contributed by atoms with E-state index in [2.05, 4.69) is 10.6 Å². The van der Waals surface area contributed by atoms with Gasteiger partial charge in [-0.25, -0.2) is 0 Å². The maximum absolute atomic E-state index is 11.9. The third-order valence-corrected chi connectivity index (χ3v) is 2.96. The van der Waals surface area contributed by atoms with E-state index in [0.717, 1.165) is 6.42 Å².